The molecule has 3 rings (SSSR count). The highest BCUT2D eigenvalue weighted by atomic mass is 16.5. The second kappa shape index (κ2) is 6.69. The van der Waals surface area contributed by atoms with Crippen LogP contribution in [0, 0.1) is 6.92 Å². The molecule has 0 aliphatic carbocycles. The molecular formula is C18H21N3O2. The summed E-state index contributed by atoms with van der Waals surface area (Å²) in [5.41, 5.74) is 1.71. The number of amides is 1. The van der Waals surface area contributed by atoms with Crippen molar-refractivity contribution in [2.45, 2.75) is 6.92 Å². The van der Waals surface area contributed by atoms with Gasteiger partial charge in [0.1, 0.15) is 11.6 Å². The van der Waals surface area contributed by atoms with Gasteiger partial charge in [0.2, 0.25) is 0 Å². The Morgan fingerprint density at radius 1 is 1.04 bits per heavy atom. The van der Waals surface area contributed by atoms with Crippen LogP contribution in [0.15, 0.2) is 42.5 Å². The number of benzene rings is 1. The van der Waals surface area contributed by atoms with Gasteiger partial charge in [-0.3, -0.25) is 4.79 Å². The molecule has 5 nitrogen and oxygen atoms in total. The molecule has 120 valence electrons. The van der Waals surface area contributed by atoms with E-state index in [1.54, 1.807) is 7.11 Å². The monoisotopic (exact) mass is 311 g/mol. The second-order valence-corrected chi connectivity index (χ2v) is 5.64. The van der Waals surface area contributed by atoms with E-state index in [0.717, 1.165) is 30.4 Å². The average molecular weight is 311 g/mol. The van der Waals surface area contributed by atoms with Crippen LogP contribution in [-0.2, 0) is 0 Å². The first kappa shape index (κ1) is 15.3. The van der Waals surface area contributed by atoms with E-state index < -0.39 is 0 Å². The Kier molecular flexibility index (Phi) is 4.46. The number of hydrogen-bond acceptors (Lipinski definition) is 4. The summed E-state index contributed by atoms with van der Waals surface area (Å²) >= 11 is 0. The number of carbonyl (C=O) groups is 1. The number of piperazine rings is 1. The van der Waals surface area contributed by atoms with Crippen molar-refractivity contribution in [1.29, 1.82) is 0 Å². The standard InChI is InChI=1S/C18H21N3O2/c1-14-4-3-5-17(19-14)20-10-12-21(13-11-20)18(22)15-6-8-16(23-2)9-7-15/h3-9H,10-13H2,1-2H3. The van der Waals surface area contributed by atoms with E-state index in [-0.39, 0.29) is 5.91 Å². The molecule has 0 atom stereocenters. The number of methoxy groups -OCH3 is 1. The van der Waals surface area contributed by atoms with Crippen LogP contribution in [0.1, 0.15) is 16.1 Å². The number of hydrogen-bond donors (Lipinski definition) is 0. The number of ether oxygens (including phenoxy) is 1. The van der Waals surface area contributed by atoms with Crippen molar-refractivity contribution in [1.82, 2.24) is 9.88 Å². The van der Waals surface area contributed by atoms with E-state index >= 15 is 0 Å². The maximum atomic E-state index is 12.5. The van der Waals surface area contributed by atoms with Gasteiger partial charge in [-0.25, -0.2) is 4.98 Å². The number of aryl methyl sites for hydroxylation is 1. The smallest absolute Gasteiger partial charge is 0.253 e. The van der Waals surface area contributed by atoms with Crippen LogP contribution in [0.4, 0.5) is 5.82 Å². The first-order valence-corrected chi connectivity index (χ1v) is 7.79. The lowest BCUT2D eigenvalue weighted by Gasteiger charge is -2.35. The molecule has 0 radical (unpaired) electrons. The zero-order chi connectivity index (χ0) is 16.2. The fourth-order valence-electron chi connectivity index (χ4n) is 2.76. The maximum Gasteiger partial charge on any atom is 0.253 e. The van der Waals surface area contributed by atoms with Crippen LogP contribution in [-0.4, -0.2) is 49.1 Å². The Morgan fingerprint density at radius 3 is 2.35 bits per heavy atom. The van der Waals surface area contributed by atoms with Gasteiger partial charge in [-0.1, -0.05) is 6.07 Å². The van der Waals surface area contributed by atoms with Gasteiger partial charge in [0.15, 0.2) is 0 Å². The summed E-state index contributed by atoms with van der Waals surface area (Å²) in [5, 5.41) is 0. The summed E-state index contributed by atoms with van der Waals surface area (Å²) in [7, 11) is 1.62. The van der Waals surface area contributed by atoms with Crippen molar-refractivity contribution < 1.29 is 9.53 Å². The maximum absolute atomic E-state index is 12.5. The third-order valence-electron chi connectivity index (χ3n) is 4.10. The summed E-state index contributed by atoms with van der Waals surface area (Å²) in [6, 6.07) is 13.3. The van der Waals surface area contributed by atoms with Gasteiger partial charge in [-0.15, -0.1) is 0 Å². The van der Waals surface area contributed by atoms with Crippen LogP contribution < -0.4 is 9.64 Å². The lowest BCUT2D eigenvalue weighted by molar-refractivity contribution is 0.0746. The third kappa shape index (κ3) is 3.44. The van der Waals surface area contributed by atoms with E-state index in [0.29, 0.717) is 18.7 Å². The first-order chi connectivity index (χ1) is 11.2. The highest BCUT2D eigenvalue weighted by molar-refractivity contribution is 5.94. The van der Waals surface area contributed by atoms with Crippen LogP contribution >= 0.6 is 0 Å². The predicted molar refractivity (Wildman–Crippen MR) is 90.1 cm³/mol. The average Bonchev–Trinajstić information content (AvgIpc) is 2.61. The van der Waals surface area contributed by atoms with Gasteiger partial charge in [0, 0.05) is 37.4 Å². The van der Waals surface area contributed by atoms with E-state index in [1.807, 2.05) is 54.3 Å². The number of pyridine rings is 1. The van der Waals surface area contributed by atoms with Gasteiger partial charge in [0.25, 0.3) is 5.91 Å². The Labute approximate surface area is 136 Å². The van der Waals surface area contributed by atoms with Crippen molar-refractivity contribution in [2.24, 2.45) is 0 Å². The topological polar surface area (TPSA) is 45.7 Å². The molecular weight excluding hydrogens is 290 g/mol. The number of anilines is 1. The normalized spacial score (nSPS) is 14.7. The lowest BCUT2D eigenvalue weighted by Crippen LogP contribution is -2.49. The molecule has 1 aromatic heterocycles. The lowest BCUT2D eigenvalue weighted by atomic mass is 10.1. The molecule has 0 saturated carbocycles. The molecule has 0 bridgehead atoms. The molecule has 5 heteroatoms. The molecule has 1 fully saturated rings. The molecule has 2 heterocycles. The fourth-order valence-corrected chi connectivity index (χ4v) is 2.76. The number of carbonyl (C=O) groups excluding carboxylic acids is 1. The van der Waals surface area contributed by atoms with Crippen LogP contribution in [0.3, 0.4) is 0 Å². The molecule has 1 aromatic carbocycles. The zero-order valence-electron chi connectivity index (χ0n) is 13.5. The molecule has 0 spiro atoms. The summed E-state index contributed by atoms with van der Waals surface area (Å²) in [5.74, 6) is 1.82. The van der Waals surface area contributed by atoms with Crippen LogP contribution in [0.5, 0.6) is 5.75 Å². The Balaban J connectivity index is 1.62. The molecule has 1 amide bonds. The Hall–Kier alpha value is -2.56. The summed E-state index contributed by atoms with van der Waals surface area (Å²) in [4.78, 5) is 21.2. The Morgan fingerprint density at radius 2 is 1.74 bits per heavy atom. The molecule has 1 saturated heterocycles. The van der Waals surface area contributed by atoms with E-state index in [4.69, 9.17) is 4.74 Å². The summed E-state index contributed by atoms with van der Waals surface area (Å²) in [6.07, 6.45) is 0. The zero-order valence-corrected chi connectivity index (χ0v) is 13.5. The van der Waals surface area contributed by atoms with Gasteiger partial charge < -0.3 is 14.5 Å². The highest BCUT2D eigenvalue weighted by Crippen LogP contribution is 2.17. The molecule has 0 N–H and O–H groups in total. The second-order valence-electron chi connectivity index (χ2n) is 5.64. The van der Waals surface area contributed by atoms with Crippen molar-refractivity contribution in [3.8, 4) is 5.75 Å². The van der Waals surface area contributed by atoms with Gasteiger partial charge in [-0.2, -0.15) is 0 Å². The van der Waals surface area contributed by atoms with Crippen molar-refractivity contribution in [3.05, 3.63) is 53.7 Å². The van der Waals surface area contributed by atoms with E-state index in [1.165, 1.54) is 0 Å². The molecule has 1 aliphatic heterocycles. The van der Waals surface area contributed by atoms with Crippen LogP contribution in [0.2, 0.25) is 0 Å². The number of nitrogens with zero attached hydrogens (tertiary/aromatic N) is 3. The molecule has 23 heavy (non-hydrogen) atoms. The number of aromatic nitrogens is 1. The quantitative estimate of drug-likeness (QED) is 0.873. The van der Waals surface area contributed by atoms with Gasteiger partial charge in [0.05, 0.1) is 7.11 Å². The van der Waals surface area contributed by atoms with Gasteiger partial charge >= 0.3 is 0 Å². The number of rotatable bonds is 3. The molecule has 2 aromatic rings. The minimum absolute atomic E-state index is 0.0736. The van der Waals surface area contributed by atoms with E-state index in [2.05, 4.69) is 9.88 Å². The predicted octanol–water partition coefficient (Wildman–Crippen LogP) is 2.36. The summed E-state index contributed by atoms with van der Waals surface area (Å²) in [6.45, 7) is 5.02. The largest absolute Gasteiger partial charge is 0.497 e. The van der Waals surface area contributed by atoms with Crippen molar-refractivity contribution in [2.75, 3.05) is 38.2 Å². The fraction of sp³-hybridized carbons (Fsp3) is 0.333. The minimum atomic E-state index is 0.0736. The molecule has 1 aliphatic rings. The van der Waals surface area contributed by atoms with Crippen LogP contribution in [0.25, 0.3) is 0 Å². The first-order valence-electron chi connectivity index (χ1n) is 7.79. The minimum Gasteiger partial charge on any atom is -0.497 e. The van der Waals surface area contributed by atoms with Gasteiger partial charge in [-0.05, 0) is 43.3 Å². The van der Waals surface area contributed by atoms with Crippen molar-refractivity contribution in [3.63, 3.8) is 0 Å². The Bertz CT molecular complexity index is 677. The SMILES string of the molecule is COc1ccc(C(=O)N2CCN(c3cccc(C)n3)CC2)cc1. The third-order valence-corrected chi connectivity index (χ3v) is 4.10. The summed E-state index contributed by atoms with van der Waals surface area (Å²) < 4.78 is 5.13. The van der Waals surface area contributed by atoms with E-state index in [9.17, 15) is 4.79 Å². The molecule has 0 unspecified atom stereocenters. The highest BCUT2D eigenvalue weighted by Gasteiger charge is 2.22. The van der Waals surface area contributed by atoms with Crippen molar-refractivity contribution >= 4 is 11.7 Å².